The number of aliphatic imine (C=N–C) groups is 1. The van der Waals surface area contributed by atoms with Crippen molar-refractivity contribution in [3.63, 3.8) is 0 Å². The van der Waals surface area contributed by atoms with Gasteiger partial charge in [0.25, 0.3) is 5.92 Å². The van der Waals surface area contributed by atoms with Gasteiger partial charge in [-0.2, -0.15) is 0 Å². The molecule has 1 atom stereocenters. The molecule has 28 heavy (non-hydrogen) atoms. The maximum atomic E-state index is 14.8. The van der Waals surface area contributed by atoms with Crippen LogP contribution in [0.15, 0.2) is 41.4 Å². The number of benzene rings is 2. The highest BCUT2D eigenvalue weighted by Gasteiger charge is 2.44. The van der Waals surface area contributed by atoms with Gasteiger partial charge in [0.1, 0.15) is 30.8 Å². The van der Waals surface area contributed by atoms with Crippen molar-refractivity contribution in [2.75, 3.05) is 19.8 Å². The van der Waals surface area contributed by atoms with Crippen LogP contribution in [0.1, 0.15) is 36.1 Å². The van der Waals surface area contributed by atoms with E-state index in [-0.39, 0.29) is 12.4 Å². The van der Waals surface area contributed by atoms with Gasteiger partial charge in [-0.15, -0.1) is 0 Å². The molecule has 1 unspecified atom stereocenters. The summed E-state index contributed by atoms with van der Waals surface area (Å²) in [5, 5.41) is 0. The number of nitrogens with zero attached hydrogens (tertiary/aromatic N) is 1. The van der Waals surface area contributed by atoms with Gasteiger partial charge in [-0.25, -0.2) is 8.78 Å². The van der Waals surface area contributed by atoms with E-state index in [1.54, 1.807) is 12.1 Å². The average Bonchev–Trinajstić information content (AvgIpc) is 2.76. The molecule has 150 valence electrons. The van der Waals surface area contributed by atoms with Crippen LogP contribution in [0.25, 0.3) is 11.1 Å². The Balaban J connectivity index is 2.14. The van der Waals surface area contributed by atoms with E-state index in [2.05, 4.69) is 11.1 Å². The summed E-state index contributed by atoms with van der Waals surface area (Å²) in [6, 6.07) is 10.1. The van der Waals surface area contributed by atoms with Crippen molar-refractivity contribution in [2.45, 2.75) is 39.2 Å². The predicted octanol–water partition coefficient (Wildman–Crippen LogP) is 4.82. The monoisotopic (exact) mass is 388 g/mol. The van der Waals surface area contributed by atoms with E-state index >= 15 is 0 Å². The quantitative estimate of drug-likeness (QED) is 0.799. The molecular weight excluding hydrogens is 362 g/mol. The Morgan fingerprint density at radius 2 is 1.86 bits per heavy atom. The molecule has 2 aromatic rings. The summed E-state index contributed by atoms with van der Waals surface area (Å²) in [4.78, 5) is 4.08. The lowest BCUT2D eigenvalue weighted by atomic mass is 9.94. The van der Waals surface area contributed by atoms with E-state index in [1.165, 1.54) is 0 Å². The second-order valence-corrected chi connectivity index (χ2v) is 7.25. The molecule has 1 aliphatic rings. The molecule has 1 heterocycles. The molecule has 3 rings (SSSR count). The summed E-state index contributed by atoms with van der Waals surface area (Å²) >= 11 is 0. The zero-order valence-electron chi connectivity index (χ0n) is 16.5. The fraction of sp³-hybridized carbons (Fsp3) is 0.409. The van der Waals surface area contributed by atoms with Crippen molar-refractivity contribution in [3.05, 3.63) is 53.1 Å². The van der Waals surface area contributed by atoms with Gasteiger partial charge >= 0.3 is 0 Å². The number of hydrogen-bond donors (Lipinski definition) is 1. The van der Waals surface area contributed by atoms with Gasteiger partial charge < -0.3 is 15.2 Å². The molecule has 0 spiro atoms. The van der Waals surface area contributed by atoms with Gasteiger partial charge in [0.05, 0.1) is 6.61 Å². The smallest absolute Gasteiger partial charge is 0.297 e. The highest BCUT2D eigenvalue weighted by Crippen LogP contribution is 2.42. The minimum Gasteiger partial charge on any atom is -0.493 e. The van der Waals surface area contributed by atoms with Crippen LogP contribution >= 0.6 is 0 Å². The van der Waals surface area contributed by atoms with Gasteiger partial charge in [-0.05, 0) is 43.5 Å². The van der Waals surface area contributed by atoms with E-state index in [0.717, 1.165) is 28.7 Å². The van der Waals surface area contributed by atoms with Crippen molar-refractivity contribution in [1.29, 1.82) is 0 Å². The maximum absolute atomic E-state index is 14.8. The summed E-state index contributed by atoms with van der Waals surface area (Å²) in [6.07, 6.45) is 0.772. The normalized spacial score (nSPS) is 19.0. The fourth-order valence-electron chi connectivity index (χ4n) is 3.39. The lowest BCUT2D eigenvalue weighted by Crippen LogP contribution is -2.30. The first-order valence-corrected chi connectivity index (χ1v) is 9.43. The van der Waals surface area contributed by atoms with E-state index in [4.69, 9.17) is 15.2 Å². The third-order valence-electron chi connectivity index (χ3n) is 4.56. The highest BCUT2D eigenvalue weighted by molar-refractivity contribution is 5.82. The molecule has 0 aliphatic carbocycles. The molecule has 0 saturated heterocycles. The average molecular weight is 388 g/mol. The minimum atomic E-state index is -3.19. The van der Waals surface area contributed by atoms with E-state index in [9.17, 15) is 8.78 Å². The fourth-order valence-corrected chi connectivity index (χ4v) is 3.39. The summed E-state index contributed by atoms with van der Waals surface area (Å²) in [5.74, 6) is -2.73. The molecule has 0 fully saturated rings. The number of hydrogen-bond acceptors (Lipinski definition) is 4. The van der Waals surface area contributed by atoms with Crippen molar-refractivity contribution in [2.24, 2.45) is 10.7 Å². The van der Waals surface area contributed by atoms with Gasteiger partial charge in [0.15, 0.2) is 0 Å². The predicted molar refractivity (Wildman–Crippen MR) is 107 cm³/mol. The zero-order valence-corrected chi connectivity index (χ0v) is 16.5. The first-order valence-electron chi connectivity index (χ1n) is 9.43. The molecule has 0 saturated carbocycles. The lowest BCUT2D eigenvalue weighted by molar-refractivity contribution is -0.0829. The van der Waals surface area contributed by atoms with Gasteiger partial charge in [0.2, 0.25) is 0 Å². The summed E-state index contributed by atoms with van der Waals surface area (Å²) in [5.41, 5.74) is 10.1. The molecule has 0 aromatic heterocycles. The van der Waals surface area contributed by atoms with E-state index in [0.29, 0.717) is 17.9 Å². The molecule has 0 amide bonds. The Kier molecular flexibility index (Phi) is 5.98. The number of amidine groups is 1. The standard InChI is InChI=1S/C22H26F2N2O2/c1-4-7-28-19-6-5-16(17-9-14(2)8-15(3)10-17)11-18(19)21-22(23,24)13-27-12-20(25)26-21/h5-6,8-11,21H,4,7,12-13H2,1-3H3,(H2,25,26). The maximum Gasteiger partial charge on any atom is 0.297 e. The van der Waals surface area contributed by atoms with Crippen molar-refractivity contribution in [3.8, 4) is 16.9 Å². The number of ether oxygens (including phenoxy) is 2. The van der Waals surface area contributed by atoms with E-state index < -0.39 is 18.6 Å². The molecule has 6 heteroatoms. The van der Waals surface area contributed by atoms with Crippen molar-refractivity contribution >= 4 is 5.84 Å². The van der Waals surface area contributed by atoms with Gasteiger partial charge in [0, 0.05) is 5.56 Å². The Bertz CT molecular complexity index is 861. The number of alkyl halides is 2. The Morgan fingerprint density at radius 3 is 2.54 bits per heavy atom. The minimum absolute atomic E-state index is 0.0559. The van der Waals surface area contributed by atoms with Crippen LogP contribution in [-0.2, 0) is 4.74 Å². The third kappa shape index (κ3) is 4.50. The van der Waals surface area contributed by atoms with Gasteiger partial charge in [-0.3, -0.25) is 4.99 Å². The Hall–Kier alpha value is -2.47. The molecule has 4 nitrogen and oxygen atoms in total. The van der Waals surface area contributed by atoms with Crippen LogP contribution in [0.3, 0.4) is 0 Å². The lowest BCUT2D eigenvalue weighted by Gasteiger charge is -2.24. The second kappa shape index (κ2) is 8.27. The van der Waals surface area contributed by atoms with Crippen molar-refractivity contribution < 1.29 is 18.3 Å². The van der Waals surface area contributed by atoms with Crippen molar-refractivity contribution in [1.82, 2.24) is 0 Å². The Morgan fingerprint density at radius 1 is 1.14 bits per heavy atom. The summed E-state index contributed by atoms with van der Waals surface area (Å²) < 4.78 is 40.4. The summed E-state index contributed by atoms with van der Waals surface area (Å²) in [7, 11) is 0. The number of rotatable bonds is 5. The largest absolute Gasteiger partial charge is 0.493 e. The topological polar surface area (TPSA) is 56.8 Å². The van der Waals surface area contributed by atoms with Crippen LogP contribution in [0, 0.1) is 13.8 Å². The number of nitrogens with two attached hydrogens (primary N) is 1. The number of aryl methyl sites for hydroxylation is 2. The molecule has 0 bridgehead atoms. The molecule has 0 radical (unpaired) electrons. The van der Waals surface area contributed by atoms with Crippen LogP contribution in [0.4, 0.5) is 8.78 Å². The van der Waals surface area contributed by atoms with E-state index in [1.807, 2.05) is 39.0 Å². The molecule has 2 N–H and O–H groups in total. The van der Waals surface area contributed by atoms with Crippen LogP contribution in [0.5, 0.6) is 5.75 Å². The van der Waals surface area contributed by atoms with Crippen LogP contribution in [-0.4, -0.2) is 31.6 Å². The SMILES string of the molecule is CCCOc1ccc(-c2cc(C)cc(C)c2)cc1C1N=C(N)COCC1(F)F. The highest BCUT2D eigenvalue weighted by atomic mass is 19.3. The first-order chi connectivity index (χ1) is 13.3. The molecular formula is C22H26F2N2O2. The number of halogens is 2. The molecule has 1 aliphatic heterocycles. The second-order valence-electron chi connectivity index (χ2n) is 7.25. The van der Waals surface area contributed by atoms with Crippen LogP contribution < -0.4 is 10.5 Å². The Labute approximate surface area is 164 Å². The summed E-state index contributed by atoms with van der Waals surface area (Å²) in [6.45, 7) is 5.59. The zero-order chi connectivity index (χ0) is 20.3. The van der Waals surface area contributed by atoms with Crippen LogP contribution in [0.2, 0.25) is 0 Å². The first kappa shape index (κ1) is 20.3. The van der Waals surface area contributed by atoms with Gasteiger partial charge in [-0.1, -0.05) is 42.3 Å². The molecule has 2 aromatic carbocycles. The third-order valence-corrected chi connectivity index (χ3v) is 4.56.